The molecule has 1 aromatic heterocycles. The number of rotatable bonds is 1. The number of ether oxygens (including phenoxy) is 1. The van der Waals surface area contributed by atoms with Gasteiger partial charge in [-0.05, 0) is 32.4 Å². The van der Waals surface area contributed by atoms with Gasteiger partial charge in [-0.15, -0.1) is 5.10 Å². The van der Waals surface area contributed by atoms with Crippen molar-refractivity contribution in [2.45, 2.75) is 32.1 Å². The van der Waals surface area contributed by atoms with Crippen LogP contribution in [-0.4, -0.2) is 35.2 Å². The number of aryl methyl sites for hydroxylation is 1. The van der Waals surface area contributed by atoms with Gasteiger partial charge in [-0.25, -0.2) is 0 Å². The van der Waals surface area contributed by atoms with E-state index < -0.39 is 0 Å². The first-order valence-corrected chi connectivity index (χ1v) is 7.39. The standard InChI is InChI=1S/C15H21N5O/c1-4-11-12-14(19-18-11)21-13(17)10(7-16)15(12)5-6-20(3)8-9(15)2/h9H,4-6,8,17H2,1-3H3,(H,18,19)/t9-,15-/m0/s1. The third-order valence-corrected chi connectivity index (χ3v) is 4.93. The van der Waals surface area contributed by atoms with Crippen LogP contribution in [0, 0.1) is 17.2 Å². The number of nitrogens with zero attached hydrogens (tertiary/aromatic N) is 3. The van der Waals surface area contributed by atoms with E-state index >= 15 is 0 Å². The summed E-state index contributed by atoms with van der Waals surface area (Å²) in [5, 5.41) is 17.0. The van der Waals surface area contributed by atoms with Gasteiger partial charge in [0.2, 0.25) is 11.8 Å². The van der Waals surface area contributed by atoms with Gasteiger partial charge in [0.15, 0.2) is 0 Å². The normalized spacial score (nSPS) is 29.1. The van der Waals surface area contributed by atoms with Crippen LogP contribution in [0.5, 0.6) is 5.88 Å². The van der Waals surface area contributed by atoms with Gasteiger partial charge in [-0.1, -0.05) is 13.8 Å². The number of nitriles is 1. The number of H-pyrrole nitrogens is 1. The van der Waals surface area contributed by atoms with E-state index in [1.807, 2.05) is 0 Å². The summed E-state index contributed by atoms with van der Waals surface area (Å²) in [5.41, 5.74) is 8.29. The van der Waals surface area contributed by atoms with E-state index in [0.717, 1.165) is 37.2 Å². The van der Waals surface area contributed by atoms with Crippen molar-refractivity contribution in [1.82, 2.24) is 15.1 Å². The molecule has 2 aliphatic rings. The summed E-state index contributed by atoms with van der Waals surface area (Å²) >= 11 is 0. The smallest absolute Gasteiger partial charge is 0.244 e. The fourth-order valence-corrected chi connectivity index (χ4v) is 3.87. The lowest BCUT2D eigenvalue weighted by atomic mass is 9.61. The van der Waals surface area contributed by atoms with Crippen LogP contribution in [0.2, 0.25) is 0 Å². The van der Waals surface area contributed by atoms with Crippen molar-refractivity contribution in [2.24, 2.45) is 11.7 Å². The van der Waals surface area contributed by atoms with Crippen molar-refractivity contribution in [1.29, 1.82) is 5.26 Å². The molecule has 6 nitrogen and oxygen atoms in total. The highest BCUT2D eigenvalue weighted by atomic mass is 16.5. The van der Waals surface area contributed by atoms with Gasteiger partial charge in [0.1, 0.15) is 11.6 Å². The van der Waals surface area contributed by atoms with E-state index in [0.29, 0.717) is 11.5 Å². The largest absolute Gasteiger partial charge is 0.420 e. The minimum atomic E-state index is -0.378. The van der Waals surface area contributed by atoms with Crippen LogP contribution in [-0.2, 0) is 11.8 Å². The zero-order valence-electron chi connectivity index (χ0n) is 12.7. The average molecular weight is 287 g/mol. The Hall–Kier alpha value is -2.00. The summed E-state index contributed by atoms with van der Waals surface area (Å²) in [5.74, 6) is 1.02. The number of aromatic nitrogens is 2. The molecule has 1 fully saturated rings. The Kier molecular flexibility index (Phi) is 3.18. The van der Waals surface area contributed by atoms with Crippen molar-refractivity contribution in [3.8, 4) is 11.9 Å². The molecule has 3 rings (SSSR count). The molecule has 2 atom stereocenters. The summed E-state index contributed by atoms with van der Waals surface area (Å²) in [7, 11) is 2.11. The predicted octanol–water partition coefficient (Wildman–Crippen LogP) is 1.27. The first-order valence-electron chi connectivity index (χ1n) is 7.39. The lowest BCUT2D eigenvalue weighted by Crippen LogP contribution is -2.51. The third-order valence-electron chi connectivity index (χ3n) is 4.93. The number of aromatic amines is 1. The summed E-state index contributed by atoms with van der Waals surface area (Å²) < 4.78 is 5.60. The number of fused-ring (bicyclic) bond motifs is 2. The predicted molar refractivity (Wildman–Crippen MR) is 78.4 cm³/mol. The Balaban J connectivity index is 2.25. The van der Waals surface area contributed by atoms with Crippen LogP contribution in [0.1, 0.15) is 31.5 Å². The molecule has 0 amide bonds. The summed E-state index contributed by atoms with van der Waals surface area (Å²) in [6.45, 7) is 6.11. The second-order valence-electron chi connectivity index (χ2n) is 6.07. The fraction of sp³-hybridized carbons (Fsp3) is 0.600. The summed E-state index contributed by atoms with van der Waals surface area (Å²) in [4.78, 5) is 2.29. The van der Waals surface area contributed by atoms with Gasteiger partial charge >= 0.3 is 0 Å². The molecule has 0 saturated carbocycles. The number of allylic oxidation sites excluding steroid dienone is 1. The Morgan fingerprint density at radius 2 is 2.38 bits per heavy atom. The minimum Gasteiger partial charge on any atom is -0.420 e. The number of hydrogen-bond donors (Lipinski definition) is 2. The maximum absolute atomic E-state index is 9.68. The van der Waals surface area contributed by atoms with Crippen molar-refractivity contribution < 1.29 is 4.74 Å². The summed E-state index contributed by atoms with van der Waals surface area (Å²) in [6, 6.07) is 2.31. The zero-order valence-corrected chi connectivity index (χ0v) is 12.7. The molecular weight excluding hydrogens is 266 g/mol. The molecule has 6 heteroatoms. The molecule has 3 N–H and O–H groups in total. The number of nitrogens with one attached hydrogen (secondary N) is 1. The number of hydrogen-bond acceptors (Lipinski definition) is 5. The highest BCUT2D eigenvalue weighted by molar-refractivity contribution is 5.55. The van der Waals surface area contributed by atoms with Crippen LogP contribution in [0.4, 0.5) is 0 Å². The molecule has 0 radical (unpaired) electrons. The van der Waals surface area contributed by atoms with Gasteiger partial charge in [-0.2, -0.15) is 5.26 Å². The Morgan fingerprint density at radius 1 is 1.62 bits per heavy atom. The quantitative estimate of drug-likeness (QED) is 0.811. The second kappa shape index (κ2) is 4.78. The molecule has 0 bridgehead atoms. The van der Waals surface area contributed by atoms with Crippen LogP contribution < -0.4 is 10.5 Å². The van der Waals surface area contributed by atoms with Crippen molar-refractivity contribution >= 4 is 0 Å². The molecule has 2 aliphatic heterocycles. The summed E-state index contributed by atoms with van der Waals surface area (Å²) in [6.07, 6.45) is 1.69. The average Bonchev–Trinajstić information content (AvgIpc) is 2.86. The van der Waals surface area contributed by atoms with E-state index in [4.69, 9.17) is 10.5 Å². The van der Waals surface area contributed by atoms with E-state index in [1.165, 1.54) is 0 Å². The molecule has 1 spiro atoms. The molecule has 0 unspecified atom stereocenters. The lowest BCUT2D eigenvalue weighted by molar-refractivity contribution is 0.135. The van der Waals surface area contributed by atoms with Crippen LogP contribution in [0.3, 0.4) is 0 Å². The topological polar surface area (TPSA) is 91.0 Å². The van der Waals surface area contributed by atoms with Crippen LogP contribution >= 0.6 is 0 Å². The SMILES string of the molecule is CCc1[nH]nc2c1[C@]1(CCN(C)C[C@@H]1C)C(C#N)=C(N)O2. The molecular formula is C15H21N5O. The molecule has 0 aliphatic carbocycles. The monoisotopic (exact) mass is 287 g/mol. The molecule has 3 heterocycles. The van der Waals surface area contributed by atoms with Crippen molar-refractivity contribution in [3.63, 3.8) is 0 Å². The number of likely N-dealkylation sites (tertiary alicyclic amines) is 1. The van der Waals surface area contributed by atoms with Gasteiger partial charge < -0.3 is 15.4 Å². The van der Waals surface area contributed by atoms with E-state index in [-0.39, 0.29) is 17.2 Å². The Labute approximate surface area is 124 Å². The Morgan fingerprint density at radius 3 is 3.00 bits per heavy atom. The first-order chi connectivity index (χ1) is 10.0. The molecule has 112 valence electrons. The molecule has 1 aromatic rings. The number of piperidine rings is 1. The van der Waals surface area contributed by atoms with Crippen LogP contribution in [0.25, 0.3) is 0 Å². The van der Waals surface area contributed by atoms with Gasteiger partial charge in [0.25, 0.3) is 0 Å². The minimum absolute atomic E-state index is 0.204. The first kappa shape index (κ1) is 14.0. The highest BCUT2D eigenvalue weighted by Gasteiger charge is 2.52. The molecule has 1 saturated heterocycles. The van der Waals surface area contributed by atoms with Gasteiger partial charge in [0.05, 0.1) is 0 Å². The Bertz CT molecular complexity index is 641. The lowest BCUT2D eigenvalue weighted by Gasteiger charge is -2.47. The van der Waals surface area contributed by atoms with Crippen molar-refractivity contribution in [2.75, 3.05) is 20.1 Å². The zero-order chi connectivity index (χ0) is 15.2. The maximum atomic E-state index is 9.68. The number of nitrogens with two attached hydrogens (primary N) is 1. The van der Waals surface area contributed by atoms with Crippen LogP contribution in [0.15, 0.2) is 11.5 Å². The van der Waals surface area contributed by atoms with Gasteiger partial charge in [-0.3, -0.25) is 5.10 Å². The molecule has 0 aromatic carbocycles. The van der Waals surface area contributed by atoms with Gasteiger partial charge in [0, 0.05) is 23.2 Å². The second-order valence-corrected chi connectivity index (χ2v) is 6.07. The van der Waals surface area contributed by atoms with E-state index in [2.05, 4.69) is 42.1 Å². The van der Waals surface area contributed by atoms with E-state index in [9.17, 15) is 5.26 Å². The fourth-order valence-electron chi connectivity index (χ4n) is 3.87. The third kappa shape index (κ3) is 1.77. The maximum Gasteiger partial charge on any atom is 0.244 e. The van der Waals surface area contributed by atoms with Crippen molar-refractivity contribution in [3.05, 3.63) is 22.7 Å². The molecule has 21 heavy (non-hydrogen) atoms. The van der Waals surface area contributed by atoms with E-state index in [1.54, 1.807) is 0 Å². The highest BCUT2D eigenvalue weighted by Crippen LogP contribution is 2.52.